The van der Waals surface area contributed by atoms with Gasteiger partial charge in [-0.05, 0) is 94.4 Å². The van der Waals surface area contributed by atoms with Crippen LogP contribution in [-0.4, -0.2) is 13.5 Å². The smallest absolute Gasteiger partial charge is 0.264 e. The summed E-state index contributed by atoms with van der Waals surface area (Å²) in [4.78, 5) is 14.7. The normalized spacial score (nSPS) is 12.1. The number of nitrogens with zero attached hydrogens (tertiary/aromatic N) is 3. The third-order valence-electron chi connectivity index (χ3n) is 12.6. The molecule has 0 aliphatic rings. The standard InChI is InChI=1S/C55H33N3O/c59-55-53-39(20-11-21-43(53)45-23-12-22-44-40-17-4-9-26-50(40)58(55)54(44)45)36-13-10-16-38(31-36)57-49-25-8-6-19-42(49)47-33-35(28-30-52(47)57)34-27-29-51-46(32-34)41-18-5-7-24-48(41)56(51)37-14-2-1-3-15-37/h1-33H. The lowest BCUT2D eigenvalue weighted by atomic mass is 9.96. The van der Waals surface area contributed by atoms with E-state index in [1.807, 2.05) is 16.5 Å². The van der Waals surface area contributed by atoms with Crippen molar-refractivity contribution in [3.05, 3.63) is 211 Å². The van der Waals surface area contributed by atoms with E-state index in [0.29, 0.717) is 0 Å². The minimum atomic E-state index is 0.0121. The number of benzene rings is 9. The van der Waals surface area contributed by atoms with Crippen molar-refractivity contribution in [2.24, 2.45) is 0 Å². The Morgan fingerprint density at radius 3 is 1.46 bits per heavy atom. The van der Waals surface area contributed by atoms with E-state index in [9.17, 15) is 4.79 Å². The van der Waals surface area contributed by atoms with Crippen LogP contribution < -0.4 is 5.56 Å². The molecule has 0 N–H and O–H groups in total. The van der Waals surface area contributed by atoms with Gasteiger partial charge in [-0.3, -0.25) is 9.20 Å². The summed E-state index contributed by atoms with van der Waals surface area (Å²) < 4.78 is 6.66. The molecule has 0 radical (unpaired) electrons. The molecule has 0 unspecified atom stereocenters. The van der Waals surface area contributed by atoms with Crippen LogP contribution in [0, 0.1) is 0 Å². The summed E-state index contributed by atoms with van der Waals surface area (Å²) in [5.74, 6) is 0. The van der Waals surface area contributed by atoms with Crippen molar-refractivity contribution in [1.82, 2.24) is 13.5 Å². The van der Waals surface area contributed by atoms with E-state index in [1.54, 1.807) is 0 Å². The van der Waals surface area contributed by atoms with Crippen LogP contribution in [0.25, 0.3) is 115 Å². The molecule has 0 fully saturated rings. The van der Waals surface area contributed by atoms with E-state index >= 15 is 0 Å². The summed E-state index contributed by atoms with van der Waals surface area (Å²) in [6.07, 6.45) is 0. The van der Waals surface area contributed by atoms with Crippen molar-refractivity contribution in [3.63, 3.8) is 0 Å². The molecule has 0 atom stereocenters. The lowest BCUT2D eigenvalue weighted by Crippen LogP contribution is -2.13. The van der Waals surface area contributed by atoms with Gasteiger partial charge in [-0.15, -0.1) is 0 Å². The van der Waals surface area contributed by atoms with Crippen LogP contribution >= 0.6 is 0 Å². The molecular formula is C55H33N3O. The molecule has 274 valence electrons. The Morgan fingerprint density at radius 1 is 0.305 bits per heavy atom. The zero-order valence-electron chi connectivity index (χ0n) is 31.8. The molecule has 59 heavy (non-hydrogen) atoms. The predicted octanol–water partition coefficient (Wildman–Crippen LogP) is 13.7. The molecule has 0 aliphatic carbocycles. The molecule has 4 heterocycles. The van der Waals surface area contributed by atoms with E-state index < -0.39 is 0 Å². The molecule has 4 nitrogen and oxygen atoms in total. The second-order valence-electron chi connectivity index (χ2n) is 15.6. The van der Waals surface area contributed by atoms with Gasteiger partial charge >= 0.3 is 0 Å². The van der Waals surface area contributed by atoms with Crippen molar-refractivity contribution >= 4 is 81.6 Å². The third-order valence-corrected chi connectivity index (χ3v) is 12.6. The summed E-state index contributed by atoms with van der Waals surface area (Å²) in [5, 5.41) is 9.88. The quantitative estimate of drug-likeness (QED) is 0.165. The number of para-hydroxylation sites is 5. The summed E-state index contributed by atoms with van der Waals surface area (Å²) in [5.41, 5.74) is 13.1. The summed E-state index contributed by atoms with van der Waals surface area (Å²) in [6.45, 7) is 0. The number of aromatic nitrogens is 3. The zero-order valence-corrected chi connectivity index (χ0v) is 31.8. The van der Waals surface area contributed by atoms with E-state index in [4.69, 9.17) is 0 Å². The molecule has 4 aromatic heterocycles. The number of rotatable bonds is 4. The topological polar surface area (TPSA) is 31.3 Å². The molecule has 9 aromatic carbocycles. The maximum Gasteiger partial charge on any atom is 0.264 e. The van der Waals surface area contributed by atoms with Crippen molar-refractivity contribution in [1.29, 1.82) is 0 Å². The Morgan fingerprint density at radius 2 is 0.780 bits per heavy atom. The Kier molecular flexibility index (Phi) is 6.56. The SMILES string of the molecule is O=c1c2c(-c3cccc(-n4c5ccccc5c5cc(-c6ccc7c(c6)c6ccccc6n7-c6ccccc6)ccc54)c3)cccc2c2cccc3c4ccccc4n1c23. The summed E-state index contributed by atoms with van der Waals surface area (Å²) in [7, 11) is 0. The molecule has 0 amide bonds. The number of hydrogen-bond acceptors (Lipinski definition) is 1. The van der Waals surface area contributed by atoms with Crippen molar-refractivity contribution in [3.8, 4) is 33.6 Å². The Labute approximate surface area is 338 Å². The van der Waals surface area contributed by atoms with Crippen molar-refractivity contribution in [2.45, 2.75) is 0 Å². The lowest BCUT2D eigenvalue weighted by Gasteiger charge is -2.13. The largest absolute Gasteiger partial charge is 0.309 e. The Hall–Kier alpha value is -7.95. The first-order chi connectivity index (χ1) is 29.2. The second-order valence-corrected chi connectivity index (χ2v) is 15.6. The van der Waals surface area contributed by atoms with Gasteiger partial charge in [0.05, 0.1) is 38.5 Å². The van der Waals surface area contributed by atoms with Crippen LogP contribution in [0.5, 0.6) is 0 Å². The summed E-state index contributed by atoms with van der Waals surface area (Å²) >= 11 is 0. The lowest BCUT2D eigenvalue weighted by molar-refractivity contribution is 1.18. The molecule has 0 aliphatic heterocycles. The van der Waals surface area contributed by atoms with Crippen LogP contribution in [0.3, 0.4) is 0 Å². The van der Waals surface area contributed by atoms with Gasteiger partial charge in [0.1, 0.15) is 0 Å². The molecule has 0 saturated heterocycles. The molecule has 0 bridgehead atoms. The van der Waals surface area contributed by atoms with Gasteiger partial charge in [0.15, 0.2) is 0 Å². The van der Waals surface area contributed by atoms with Crippen LogP contribution in [0.1, 0.15) is 0 Å². The second kappa shape index (κ2) is 12.0. The fraction of sp³-hybridized carbons (Fsp3) is 0. The highest BCUT2D eigenvalue weighted by Crippen LogP contribution is 2.40. The summed E-state index contributed by atoms with van der Waals surface area (Å²) in [6, 6.07) is 71.3. The van der Waals surface area contributed by atoms with Crippen molar-refractivity contribution < 1.29 is 0 Å². The van der Waals surface area contributed by atoms with E-state index in [0.717, 1.165) is 71.5 Å². The predicted molar refractivity (Wildman–Crippen MR) is 247 cm³/mol. The molecule has 13 rings (SSSR count). The molecular weight excluding hydrogens is 719 g/mol. The zero-order chi connectivity index (χ0) is 38.8. The first kappa shape index (κ1) is 32.2. The van der Waals surface area contributed by atoms with E-state index in [-0.39, 0.29) is 5.56 Å². The maximum atomic E-state index is 14.7. The highest BCUT2D eigenvalue weighted by molar-refractivity contribution is 6.21. The van der Waals surface area contributed by atoms with E-state index in [2.05, 4.69) is 197 Å². The molecule has 0 saturated carbocycles. The molecule has 13 aromatic rings. The number of fused-ring (bicyclic) bond motifs is 11. The van der Waals surface area contributed by atoms with Gasteiger partial charge in [0.25, 0.3) is 5.56 Å². The highest BCUT2D eigenvalue weighted by Gasteiger charge is 2.20. The van der Waals surface area contributed by atoms with Crippen LogP contribution in [0.4, 0.5) is 0 Å². The first-order valence-corrected chi connectivity index (χ1v) is 20.1. The van der Waals surface area contributed by atoms with Gasteiger partial charge in [0.2, 0.25) is 0 Å². The monoisotopic (exact) mass is 751 g/mol. The Bertz CT molecular complexity index is 3920. The van der Waals surface area contributed by atoms with Crippen LogP contribution in [0.15, 0.2) is 205 Å². The molecule has 4 heteroatoms. The number of pyridine rings is 1. The fourth-order valence-corrected chi connectivity index (χ4v) is 10.1. The number of hydrogen-bond donors (Lipinski definition) is 0. The van der Waals surface area contributed by atoms with Crippen LogP contribution in [-0.2, 0) is 0 Å². The fourth-order valence-electron chi connectivity index (χ4n) is 10.1. The average molecular weight is 752 g/mol. The van der Waals surface area contributed by atoms with E-state index in [1.165, 1.54) is 43.7 Å². The van der Waals surface area contributed by atoms with Gasteiger partial charge in [-0.1, -0.05) is 133 Å². The minimum absolute atomic E-state index is 0.0121. The third kappa shape index (κ3) is 4.46. The van der Waals surface area contributed by atoms with Gasteiger partial charge in [-0.2, -0.15) is 0 Å². The Balaban J connectivity index is 0.986. The maximum absolute atomic E-state index is 14.7. The average Bonchev–Trinajstić information content (AvgIpc) is 3.94. The van der Waals surface area contributed by atoms with Gasteiger partial charge < -0.3 is 9.13 Å². The highest BCUT2D eigenvalue weighted by atomic mass is 16.1. The van der Waals surface area contributed by atoms with Crippen LogP contribution in [0.2, 0.25) is 0 Å². The first-order valence-electron chi connectivity index (χ1n) is 20.1. The minimum Gasteiger partial charge on any atom is -0.309 e. The van der Waals surface area contributed by atoms with Crippen molar-refractivity contribution in [2.75, 3.05) is 0 Å². The van der Waals surface area contributed by atoms with Gasteiger partial charge in [0, 0.05) is 49.1 Å². The molecule has 0 spiro atoms. The van der Waals surface area contributed by atoms with Gasteiger partial charge in [-0.25, -0.2) is 0 Å².